The Morgan fingerprint density at radius 2 is 1.57 bits per heavy atom. The number of carbonyl (C=O) groups is 1. The molecule has 1 heterocycles. The molecule has 1 aliphatic heterocycles. The highest BCUT2D eigenvalue weighted by Crippen LogP contribution is 2.05. The Hall–Kier alpha value is -0.610. The van der Waals surface area contributed by atoms with Crippen LogP contribution in [0.15, 0.2) is 0 Å². The monoisotopic (exact) mass is 332 g/mol. The normalized spacial score (nSPS) is 13.4. The first kappa shape index (κ1) is 27.2. The van der Waals surface area contributed by atoms with Gasteiger partial charge < -0.3 is 15.0 Å². The zero-order chi connectivity index (χ0) is 18.5. The summed E-state index contributed by atoms with van der Waals surface area (Å²) in [6, 6.07) is 0.573. The van der Waals surface area contributed by atoms with E-state index < -0.39 is 0 Å². The maximum absolute atomic E-state index is 11.4. The lowest BCUT2D eigenvalue weighted by molar-refractivity contribution is -0.128. The Bertz CT molecular complexity index is 217. The second kappa shape index (κ2) is 23.7. The Morgan fingerprint density at radius 1 is 1.04 bits per heavy atom. The molecule has 1 N–H and O–H groups in total. The average molecular weight is 333 g/mol. The van der Waals surface area contributed by atoms with Crippen LogP contribution in [-0.2, 0) is 9.53 Å². The first-order chi connectivity index (χ1) is 11.2. The minimum atomic E-state index is 0.187. The molecule has 0 aromatic heterocycles. The van der Waals surface area contributed by atoms with Gasteiger partial charge in [0.2, 0.25) is 5.91 Å². The van der Waals surface area contributed by atoms with Gasteiger partial charge in [-0.15, -0.1) is 0 Å². The van der Waals surface area contributed by atoms with Gasteiger partial charge in [-0.2, -0.15) is 0 Å². The second-order valence-electron chi connectivity index (χ2n) is 4.70. The van der Waals surface area contributed by atoms with Gasteiger partial charge in [0.25, 0.3) is 0 Å². The van der Waals surface area contributed by atoms with E-state index in [0.717, 1.165) is 58.5 Å². The minimum absolute atomic E-state index is 0.187. The third kappa shape index (κ3) is 17.6. The Labute approximate surface area is 146 Å². The van der Waals surface area contributed by atoms with E-state index in [2.05, 4.69) is 12.2 Å². The summed E-state index contributed by atoms with van der Waals surface area (Å²) >= 11 is 0. The molecule has 0 aliphatic carbocycles. The summed E-state index contributed by atoms with van der Waals surface area (Å²) < 4.78 is 5.31. The van der Waals surface area contributed by atoms with Gasteiger partial charge in [-0.3, -0.25) is 4.79 Å². The smallest absolute Gasteiger partial charge is 0.219 e. The number of rotatable bonds is 7. The molecule has 0 atom stereocenters. The van der Waals surface area contributed by atoms with E-state index in [9.17, 15) is 4.79 Å². The van der Waals surface area contributed by atoms with Crippen LogP contribution in [0.3, 0.4) is 0 Å². The Balaban J connectivity index is -0.000000595. The van der Waals surface area contributed by atoms with Crippen molar-refractivity contribution in [3.8, 4) is 0 Å². The van der Waals surface area contributed by atoms with Crippen LogP contribution in [0.25, 0.3) is 0 Å². The molecule has 0 unspecified atom stereocenters. The molecule has 1 fully saturated rings. The fraction of sp³-hybridized carbons (Fsp3) is 0.947. The SMILES string of the molecule is CC.CC.CC.CCCCN(CCNC1CCOCC1)C(C)=O. The van der Waals surface area contributed by atoms with Gasteiger partial charge in [-0.1, -0.05) is 54.9 Å². The van der Waals surface area contributed by atoms with E-state index in [1.54, 1.807) is 6.92 Å². The number of nitrogens with one attached hydrogen (secondary N) is 1. The van der Waals surface area contributed by atoms with Gasteiger partial charge in [0, 0.05) is 45.8 Å². The zero-order valence-corrected chi connectivity index (χ0v) is 17.2. The van der Waals surface area contributed by atoms with E-state index in [1.165, 1.54) is 0 Å². The summed E-state index contributed by atoms with van der Waals surface area (Å²) in [5.41, 5.74) is 0. The highest BCUT2D eigenvalue weighted by Gasteiger charge is 2.13. The van der Waals surface area contributed by atoms with Gasteiger partial charge in [-0.25, -0.2) is 0 Å². The summed E-state index contributed by atoms with van der Waals surface area (Å²) in [5.74, 6) is 0.187. The molecule has 1 saturated heterocycles. The number of hydrogen-bond donors (Lipinski definition) is 1. The predicted octanol–water partition coefficient (Wildman–Crippen LogP) is 4.48. The topological polar surface area (TPSA) is 41.6 Å². The largest absolute Gasteiger partial charge is 0.381 e. The van der Waals surface area contributed by atoms with Gasteiger partial charge in [0.05, 0.1) is 0 Å². The van der Waals surface area contributed by atoms with Crippen molar-refractivity contribution in [2.75, 3.05) is 32.8 Å². The molecule has 1 amide bonds. The van der Waals surface area contributed by atoms with Crippen molar-refractivity contribution in [2.45, 2.75) is 87.1 Å². The lowest BCUT2D eigenvalue weighted by atomic mass is 10.1. The van der Waals surface area contributed by atoms with E-state index in [4.69, 9.17) is 4.74 Å². The molecule has 4 heteroatoms. The average Bonchev–Trinajstić information content (AvgIpc) is 2.63. The van der Waals surface area contributed by atoms with Gasteiger partial charge >= 0.3 is 0 Å². The number of ether oxygens (including phenoxy) is 1. The van der Waals surface area contributed by atoms with Gasteiger partial charge in [-0.05, 0) is 19.3 Å². The number of unbranched alkanes of at least 4 members (excludes halogenated alkanes) is 1. The predicted molar refractivity (Wildman–Crippen MR) is 103 cm³/mol. The van der Waals surface area contributed by atoms with Crippen LogP contribution in [0.1, 0.15) is 81.1 Å². The van der Waals surface area contributed by atoms with Crippen molar-refractivity contribution in [3.63, 3.8) is 0 Å². The van der Waals surface area contributed by atoms with Crippen molar-refractivity contribution in [1.82, 2.24) is 10.2 Å². The quantitative estimate of drug-likeness (QED) is 0.747. The standard InChI is InChI=1S/C13H26N2O2.3C2H6/c1-3-4-8-15(12(2)16)9-7-14-13-5-10-17-11-6-13;3*1-2/h13-14H,3-11H2,1-2H3;3*1-2H3. The molecule has 0 spiro atoms. The van der Waals surface area contributed by atoms with E-state index >= 15 is 0 Å². The number of nitrogens with zero attached hydrogens (tertiary/aromatic N) is 1. The van der Waals surface area contributed by atoms with Crippen LogP contribution in [-0.4, -0.2) is 49.7 Å². The van der Waals surface area contributed by atoms with Crippen LogP contribution in [0.4, 0.5) is 0 Å². The molecule has 1 rings (SSSR count). The van der Waals surface area contributed by atoms with Crippen LogP contribution < -0.4 is 5.32 Å². The molecule has 0 aromatic rings. The summed E-state index contributed by atoms with van der Waals surface area (Å²) in [6.07, 6.45) is 4.41. The molecule has 0 saturated carbocycles. The molecular weight excluding hydrogens is 288 g/mol. The number of carbonyl (C=O) groups excluding carboxylic acids is 1. The third-order valence-electron chi connectivity index (χ3n) is 3.26. The van der Waals surface area contributed by atoms with Crippen molar-refractivity contribution in [1.29, 1.82) is 0 Å². The molecule has 0 aromatic carbocycles. The summed E-state index contributed by atoms with van der Waals surface area (Å²) in [7, 11) is 0. The lowest BCUT2D eigenvalue weighted by Gasteiger charge is -2.26. The first-order valence-electron chi connectivity index (χ1n) is 9.80. The highest BCUT2D eigenvalue weighted by molar-refractivity contribution is 5.73. The Morgan fingerprint density at radius 3 is 2.00 bits per heavy atom. The summed E-state index contributed by atoms with van der Waals surface area (Å²) in [6.45, 7) is 20.2. The van der Waals surface area contributed by atoms with Crippen molar-refractivity contribution in [2.24, 2.45) is 0 Å². The molecular formula is C19H44N2O2. The fourth-order valence-corrected chi connectivity index (χ4v) is 2.08. The summed E-state index contributed by atoms with van der Waals surface area (Å²) in [4.78, 5) is 13.4. The summed E-state index contributed by atoms with van der Waals surface area (Å²) in [5, 5.41) is 3.51. The molecule has 1 aliphatic rings. The lowest BCUT2D eigenvalue weighted by Crippen LogP contribution is -2.41. The zero-order valence-electron chi connectivity index (χ0n) is 17.2. The molecule has 4 nitrogen and oxygen atoms in total. The minimum Gasteiger partial charge on any atom is -0.381 e. The number of hydrogen-bond acceptors (Lipinski definition) is 3. The maximum atomic E-state index is 11.4. The molecule has 0 bridgehead atoms. The van der Waals surface area contributed by atoms with E-state index in [1.807, 2.05) is 46.4 Å². The highest BCUT2D eigenvalue weighted by atomic mass is 16.5. The molecule has 0 radical (unpaired) electrons. The van der Waals surface area contributed by atoms with Crippen molar-refractivity contribution in [3.05, 3.63) is 0 Å². The Kier molecular flexibility index (Phi) is 28.0. The van der Waals surface area contributed by atoms with Gasteiger partial charge in [0.1, 0.15) is 0 Å². The first-order valence-corrected chi connectivity index (χ1v) is 9.80. The van der Waals surface area contributed by atoms with Crippen LogP contribution in [0.5, 0.6) is 0 Å². The molecule has 23 heavy (non-hydrogen) atoms. The fourth-order valence-electron chi connectivity index (χ4n) is 2.08. The second-order valence-corrected chi connectivity index (χ2v) is 4.70. The van der Waals surface area contributed by atoms with Gasteiger partial charge in [0.15, 0.2) is 0 Å². The number of amides is 1. The van der Waals surface area contributed by atoms with Crippen LogP contribution in [0, 0.1) is 0 Å². The van der Waals surface area contributed by atoms with E-state index in [-0.39, 0.29) is 5.91 Å². The molecule has 142 valence electrons. The van der Waals surface area contributed by atoms with Crippen LogP contribution >= 0.6 is 0 Å². The van der Waals surface area contributed by atoms with E-state index in [0.29, 0.717) is 6.04 Å². The third-order valence-corrected chi connectivity index (χ3v) is 3.26. The van der Waals surface area contributed by atoms with Crippen molar-refractivity contribution >= 4 is 5.91 Å². The van der Waals surface area contributed by atoms with Crippen molar-refractivity contribution < 1.29 is 9.53 Å². The maximum Gasteiger partial charge on any atom is 0.219 e. The van der Waals surface area contributed by atoms with Crippen LogP contribution in [0.2, 0.25) is 0 Å².